The minimum Gasteiger partial charge on any atom is -0.386 e. The van der Waals surface area contributed by atoms with Gasteiger partial charge in [0, 0.05) is 0 Å². The highest BCUT2D eigenvalue weighted by atomic mass is 19.4. The second-order valence-electron chi connectivity index (χ2n) is 3.73. The minimum atomic E-state index is -4.69. The van der Waals surface area contributed by atoms with E-state index in [4.69, 9.17) is 0 Å². The number of hydrogen-bond acceptors (Lipinski definition) is 2. The molecule has 1 aromatic carbocycles. The van der Waals surface area contributed by atoms with Gasteiger partial charge in [0.1, 0.15) is 12.7 Å². The summed E-state index contributed by atoms with van der Waals surface area (Å²) in [6.45, 7) is -2.50. The summed E-state index contributed by atoms with van der Waals surface area (Å²) in [6, 6.07) is 4.10. The molecule has 2 nitrogen and oxygen atoms in total. The molecule has 0 saturated carbocycles. The van der Waals surface area contributed by atoms with Crippen molar-refractivity contribution in [1.29, 1.82) is 0 Å². The van der Waals surface area contributed by atoms with Gasteiger partial charge in [0.25, 0.3) is 0 Å². The second-order valence-corrected chi connectivity index (χ2v) is 3.73. The molecular formula is C11H10F6O2. The Bertz CT molecular complexity index is 412. The monoisotopic (exact) mass is 288 g/mol. The molecule has 0 saturated heterocycles. The Kier molecular flexibility index (Phi) is 4.81. The van der Waals surface area contributed by atoms with Crippen LogP contribution in [0.15, 0.2) is 24.3 Å². The highest BCUT2D eigenvalue weighted by Crippen LogP contribution is 2.34. The van der Waals surface area contributed by atoms with Crippen LogP contribution in [0.4, 0.5) is 26.3 Å². The van der Waals surface area contributed by atoms with Crippen molar-refractivity contribution in [3.05, 3.63) is 35.4 Å². The van der Waals surface area contributed by atoms with Crippen LogP contribution >= 0.6 is 0 Å². The van der Waals surface area contributed by atoms with Crippen molar-refractivity contribution in [3.63, 3.8) is 0 Å². The maximum Gasteiger partial charge on any atom is 0.416 e. The van der Waals surface area contributed by atoms with E-state index in [1.165, 1.54) is 6.07 Å². The summed E-state index contributed by atoms with van der Waals surface area (Å²) in [5, 5.41) is 9.47. The Labute approximate surface area is 104 Å². The lowest BCUT2D eigenvalue weighted by molar-refractivity contribution is -0.180. The van der Waals surface area contributed by atoms with Crippen molar-refractivity contribution < 1.29 is 36.2 Å². The van der Waals surface area contributed by atoms with E-state index in [0.717, 1.165) is 18.2 Å². The number of halogens is 6. The molecule has 0 amide bonds. The van der Waals surface area contributed by atoms with Crippen LogP contribution in [0.5, 0.6) is 0 Å². The number of alkyl halides is 6. The minimum absolute atomic E-state index is 0.517. The summed E-state index contributed by atoms with van der Waals surface area (Å²) in [7, 11) is 0. The maximum atomic E-state index is 12.6. The number of rotatable bonds is 4. The number of ether oxygens (including phenoxy) is 1. The summed E-state index contributed by atoms with van der Waals surface area (Å²) in [5.41, 5.74) is -1.62. The zero-order valence-electron chi connectivity index (χ0n) is 9.42. The highest BCUT2D eigenvalue weighted by Gasteiger charge is 2.35. The van der Waals surface area contributed by atoms with Gasteiger partial charge in [0.05, 0.1) is 12.2 Å². The quantitative estimate of drug-likeness (QED) is 0.861. The van der Waals surface area contributed by atoms with Gasteiger partial charge in [-0.25, -0.2) is 0 Å². The fourth-order valence-corrected chi connectivity index (χ4v) is 1.42. The van der Waals surface area contributed by atoms with E-state index in [1.807, 2.05) is 0 Å². The molecule has 8 heteroatoms. The Morgan fingerprint density at radius 2 is 1.63 bits per heavy atom. The molecular weight excluding hydrogens is 278 g/mol. The lowest BCUT2D eigenvalue weighted by atomic mass is 10.0. The highest BCUT2D eigenvalue weighted by molar-refractivity contribution is 5.31. The van der Waals surface area contributed by atoms with Crippen molar-refractivity contribution >= 4 is 0 Å². The Hall–Kier alpha value is -1.28. The van der Waals surface area contributed by atoms with Crippen LogP contribution in [0.1, 0.15) is 17.2 Å². The Balaban J connectivity index is 2.75. The normalized spacial score (nSPS) is 14.5. The predicted octanol–water partition coefficient (Wildman–Crippen LogP) is 3.32. The van der Waals surface area contributed by atoms with Gasteiger partial charge in [-0.2, -0.15) is 26.3 Å². The summed E-state index contributed by atoms with van der Waals surface area (Å²) in [6.07, 6.45) is -11.1. The molecule has 0 bridgehead atoms. The average molecular weight is 288 g/mol. The molecule has 0 aliphatic heterocycles. The van der Waals surface area contributed by atoms with Crippen LogP contribution in [0.3, 0.4) is 0 Å². The van der Waals surface area contributed by atoms with Crippen LogP contribution in [-0.4, -0.2) is 24.5 Å². The Morgan fingerprint density at radius 3 is 2.16 bits per heavy atom. The zero-order valence-corrected chi connectivity index (χ0v) is 9.42. The van der Waals surface area contributed by atoms with Crippen LogP contribution in [0.2, 0.25) is 0 Å². The lowest BCUT2D eigenvalue weighted by Crippen LogP contribution is -2.21. The summed E-state index contributed by atoms with van der Waals surface area (Å²) in [5.74, 6) is 0. The molecule has 0 heterocycles. The van der Waals surface area contributed by atoms with E-state index >= 15 is 0 Å². The number of aliphatic hydroxyl groups is 1. The van der Waals surface area contributed by atoms with Gasteiger partial charge < -0.3 is 9.84 Å². The molecule has 1 unspecified atom stereocenters. The molecule has 1 aromatic rings. The molecule has 1 atom stereocenters. The molecule has 0 aromatic heterocycles. The topological polar surface area (TPSA) is 29.5 Å². The molecule has 0 aliphatic carbocycles. The second kappa shape index (κ2) is 5.79. The first kappa shape index (κ1) is 15.8. The first-order chi connectivity index (χ1) is 8.61. The third kappa shape index (κ3) is 5.07. The smallest absolute Gasteiger partial charge is 0.386 e. The molecule has 0 spiro atoms. The fraction of sp³-hybridized carbons (Fsp3) is 0.455. The van der Waals surface area contributed by atoms with Crippen LogP contribution in [-0.2, 0) is 10.9 Å². The van der Waals surface area contributed by atoms with Crippen molar-refractivity contribution in [3.8, 4) is 0 Å². The van der Waals surface area contributed by atoms with Gasteiger partial charge in [-0.3, -0.25) is 0 Å². The number of hydrogen-bond donors (Lipinski definition) is 1. The van der Waals surface area contributed by atoms with Crippen LogP contribution in [0.25, 0.3) is 0 Å². The number of benzene rings is 1. The molecule has 0 radical (unpaired) electrons. The van der Waals surface area contributed by atoms with E-state index in [-0.39, 0.29) is 0 Å². The van der Waals surface area contributed by atoms with Crippen molar-refractivity contribution in [2.24, 2.45) is 0 Å². The van der Waals surface area contributed by atoms with Crippen molar-refractivity contribution in [2.75, 3.05) is 13.2 Å². The molecule has 19 heavy (non-hydrogen) atoms. The molecule has 0 aliphatic rings. The van der Waals surface area contributed by atoms with Gasteiger partial charge in [0.2, 0.25) is 0 Å². The van der Waals surface area contributed by atoms with Gasteiger partial charge in [0.15, 0.2) is 0 Å². The van der Waals surface area contributed by atoms with E-state index in [9.17, 15) is 31.4 Å². The Morgan fingerprint density at radius 1 is 1.05 bits per heavy atom. The predicted molar refractivity (Wildman–Crippen MR) is 53.3 cm³/mol. The SMILES string of the molecule is OC(COCC(F)(F)F)c1ccccc1C(F)(F)F. The van der Waals surface area contributed by atoms with Gasteiger partial charge in [-0.15, -0.1) is 0 Å². The van der Waals surface area contributed by atoms with E-state index in [2.05, 4.69) is 4.74 Å². The van der Waals surface area contributed by atoms with E-state index < -0.39 is 42.8 Å². The molecule has 0 fully saturated rings. The van der Waals surface area contributed by atoms with E-state index in [1.54, 1.807) is 0 Å². The van der Waals surface area contributed by atoms with E-state index in [0.29, 0.717) is 0 Å². The van der Waals surface area contributed by atoms with Crippen LogP contribution < -0.4 is 0 Å². The first-order valence-corrected chi connectivity index (χ1v) is 5.10. The largest absolute Gasteiger partial charge is 0.416 e. The first-order valence-electron chi connectivity index (χ1n) is 5.10. The van der Waals surface area contributed by atoms with Crippen LogP contribution in [0, 0.1) is 0 Å². The van der Waals surface area contributed by atoms with Gasteiger partial charge in [-0.05, 0) is 11.6 Å². The third-order valence-corrected chi connectivity index (χ3v) is 2.17. The molecule has 1 N–H and O–H groups in total. The molecule has 1 rings (SSSR count). The number of aliphatic hydroxyl groups excluding tert-OH is 1. The van der Waals surface area contributed by atoms with Gasteiger partial charge in [-0.1, -0.05) is 18.2 Å². The van der Waals surface area contributed by atoms with Crippen molar-refractivity contribution in [2.45, 2.75) is 18.5 Å². The summed E-state index contributed by atoms with van der Waals surface area (Å²) >= 11 is 0. The standard InChI is InChI=1S/C11H10F6O2/c12-10(13,14)6-19-5-9(18)7-3-1-2-4-8(7)11(15,16)17/h1-4,9,18H,5-6H2. The summed E-state index contributed by atoms with van der Waals surface area (Å²) in [4.78, 5) is 0. The third-order valence-electron chi connectivity index (χ3n) is 2.17. The zero-order chi connectivity index (χ0) is 14.7. The van der Waals surface area contributed by atoms with Gasteiger partial charge >= 0.3 is 12.4 Å². The average Bonchev–Trinajstić information content (AvgIpc) is 2.26. The lowest BCUT2D eigenvalue weighted by Gasteiger charge is -2.17. The fourth-order valence-electron chi connectivity index (χ4n) is 1.42. The summed E-state index contributed by atoms with van der Waals surface area (Å²) < 4.78 is 77.3. The maximum absolute atomic E-state index is 12.6. The molecule has 108 valence electrons. The van der Waals surface area contributed by atoms with Crippen molar-refractivity contribution in [1.82, 2.24) is 0 Å².